The van der Waals surface area contributed by atoms with Gasteiger partial charge in [0.15, 0.2) is 0 Å². The molecule has 1 atom stereocenters. The fourth-order valence-electron chi connectivity index (χ4n) is 1.57. The van der Waals surface area contributed by atoms with E-state index in [-0.39, 0.29) is 0 Å². The van der Waals surface area contributed by atoms with E-state index in [4.69, 9.17) is 5.26 Å². The Morgan fingerprint density at radius 2 is 2.00 bits per heavy atom. The van der Waals surface area contributed by atoms with Crippen molar-refractivity contribution in [2.24, 2.45) is 0 Å². The maximum absolute atomic E-state index is 8.72. The van der Waals surface area contributed by atoms with Crippen LogP contribution in [0.4, 0.5) is 0 Å². The lowest BCUT2D eigenvalue weighted by Gasteiger charge is -2.24. The number of nitrogens with zero attached hydrogens (tertiary/aromatic N) is 2. The number of likely N-dealkylation sites (N-methyl/N-ethyl adjacent to an activating group) is 2. The van der Waals surface area contributed by atoms with E-state index in [2.05, 4.69) is 30.3 Å². The summed E-state index contributed by atoms with van der Waals surface area (Å²) in [6.45, 7) is 4.17. The summed E-state index contributed by atoms with van der Waals surface area (Å²) in [5.74, 6) is 0. The van der Waals surface area contributed by atoms with Gasteiger partial charge in [-0.3, -0.25) is 4.90 Å². The van der Waals surface area contributed by atoms with Gasteiger partial charge >= 0.3 is 0 Å². The zero-order valence-electron chi connectivity index (χ0n) is 10.2. The Bertz CT molecular complexity index is 350. The van der Waals surface area contributed by atoms with Gasteiger partial charge in [0.2, 0.25) is 0 Å². The first-order valence-corrected chi connectivity index (χ1v) is 5.54. The van der Waals surface area contributed by atoms with E-state index in [9.17, 15) is 0 Å². The maximum atomic E-state index is 8.72. The van der Waals surface area contributed by atoms with Crippen LogP contribution in [-0.4, -0.2) is 32.1 Å². The molecule has 16 heavy (non-hydrogen) atoms. The molecular formula is C13H19N3. The normalized spacial score (nSPS) is 12.4. The van der Waals surface area contributed by atoms with Crippen molar-refractivity contribution in [1.82, 2.24) is 10.2 Å². The second-order valence-electron chi connectivity index (χ2n) is 3.99. The van der Waals surface area contributed by atoms with Gasteiger partial charge in [0.1, 0.15) is 0 Å². The molecule has 0 amide bonds. The minimum Gasteiger partial charge on any atom is -0.318 e. The molecule has 0 spiro atoms. The van der Waals surface area contributed by atoms with Gasteiger partial charge in [0.25, 0.3) is 0 Å². The molecule has 0 heterocycles. The Morgan fingerprint density at radius 1 is 1.38 bits per heavy atom. The van der Waals surface area contributed by atoms with Crippen LogP contribution in [-0.2, 0) is 0 Å². The van der Waals surface area contributed by atoms with Crippen molar-refractivity contribution in [1.29, 1.82) is 5.26 Å². The van der Waals surface area contributed by atoms with E-state index < -0.39 is 0 Å². The van der Waals surface area contributed by atoms with Gasteiger partial charge in [-0.15, -0.1) is 0 Å². The molecule has 3 nitrogen and oxygen atoms in total. The van der Waals surface area contributed by atoms with Crippen molar-refractivity contribution < 1.29 is 0 Å². The molecule has 0 aromatic heterocycles. The number of benzene rings is 1. The monoisotopic (exact) mass is 217 g/mol. The molecule has 0 bridgehead atoms. The summed E-state index contributed by atoms with van der Waals surface area (Å²) in [6, 6.07) is 10.3. The number of nitriles is 1. The summed E-state index contributed by atoms with van der Waals surface area (Å²) in [6.07, 6.45) is 0. The summed E-state index contributed by atoms with van der Waals surface area (Å²) < 4.78 is 0. The van der Waals surface area contributed by atoms with Crippen molar-refractivity contribution in [3.63, 3.8) is 0 Å². The first-order valence-electron chi connectivity index (χ1n) is 5.54. The molecule has 0 aliphatic carbocycles. The molecule has 1 N–H and O–H groups in total. The molecule has 0 saturated carbocycles. The molecule has 86 valence electrons. The van der Waals surface area contributed by atoms with Crippen LogP contribution in [0.3, 0.4) is 0 Å². The average molecular weight is 217 g/mol. The molecular weight excluding hydrogens is 198 g/mol. The highest BCUT2D eigenvalue weighted by molar-refractivity contribution is 5.32. The zero-order chi connectivity index (χ0) is 12.0. The first kappa shape index (κ1) is 12.7. The van der Waals surface area contributed by atoms with E-state index in [1.54, 1.807) is 0 Å². The van der Waals surface area contributed by atoms with Gasteiger partial charge < -0.3 is 5.32 Å². The number of hydrogen-bond acceptors (Lipinski definition) is 3. The van der Waals surface area contributed by atoms with Gasteiger partial charge in [0, 0.05) is 19.1 Å². The molecule has 0 aliphatic rings. The molecule has 1 rings (SSSR count). The van der Waals surface area contributed by atoms with Crippen molar-refractivity contribution in [2.75, 3.05) is 27.2 Å². The van der Waals surface area contributed by atoms with Crippen molar-refractivity contribution >= 4 is 0 Å². The summed E-state index contributed by atoms with van der Waals surface area (Å²) in [7, 11) is 4.07. The van der Waals surface area contributed by atoms with Gasteiger partial charge in [-0.2, -0.15) is 5.26 Å². The van der Waals surface area contributed by atoms with E-state index in [1.807, 2.05) is 31.3 Å². The van der Waals surface area contributed by atoms with Crippen molar-refractivity contribution in [3.8, 4) is 6.07 Å². The van der Waals surface area contributed by atoms with E-state index in [0.29, 0.717) is 11.6 Å². The molecule has 0 fully saturated rings. The Balaban J connectivity index is 2.65. The largest absolute Gasteiger partial charge is 0.318 e. The molecule has 0 saturated heterocycles. The smallest absolute Gasteiger partial charge is 0.0991 e. The Morgan fingerprint density at radius 3 is 2.50 bits per heavy atom. The lowest BCUT2D eigenvalue weighted by molar-refractivity contribution is 0.263. The first-order chi connectivity index (χ1) is 7.69. The molecule has 1 aromatic rings. The summed E-state index contributed by atoms with van der Waals surface area (Å²) >= 11 is 0. The highest BCUT2D eigenvalue weighted by atomic mass is 15.1. The topological polar surface area (TPSA) is 39.1 Å². The van der Waals surface area contributed by atoms with Crippen LogP contribution < -0.4 is 5.32 Å². The highest BCUT2D eigenvalue weighted by Crippen LogP contribution is 2.18. The zero-order valence-corrected chi connectivity index (χ0v) is 10.2. The van der Waals surface area contributed by atoms with Crippen molar-refractivity contribution in [3.05, 3.63) is 35.4 Å². The van der Waals surface area contributed by atoms with E-state index in [0.717, 1.165) is 13.1 Å². The third kappa shape index (κ3) is 3.34. The Labute approximate surface area is 97.7 Å². The highest BCUT2D eigenvalue weighted by Gasteiger charge is 2.10. The standard InChI is InChI=1S/C13H19N3/c1-11(16(3)9-8-15-2)13-6-4-12(10-14)5-7-13/h4-7,11,15H,8-9H2,1-3H3. The number of hydrogen-bond donors (Lipinski definition) is 1. The van der Waals surface area contributed by atoms with Gasteiger partial charge in [-0.05, 0) is 38.7 Å². The average Bonchev–Trinajstić information content (AvgIpc) is 2.35. The van der Waals surface area contributed by atoms with Crippen LogP contribution in [0.2, 0.25) is 0 Å². The minimum atomic E-state index is 0.376. The number of nitrogens with one attached hydrogen (secondary N) is 1. The molecule has 3 heteroatoms. The molecule has 0 aliphatic heterocycles. The number of rotatable bonds is 5. The predicted molar refractivity (Wildman–Crippen MR) is 66.1 cm³/mol. The third-order valence-electron chi connectivity index (χ3n) is 2.90. The lowest BCUT2D eigenvalue weighted by atomic mass is 10.1. The van der Waals surface area contributed by atoms with Gasteiger partial charge in [-0.1, -0.05) is 12.1 Å². The summed E-state index contributed by atoms with van der Waals surface area (Å²) in [5.41, 5.74) is 1.96. The second-order valence-corrected chi connectivity index (χ2v) is 3.99. The quantitative estimate of drug-likeness (QED) is 0.817. The lowest BCUT2D eigenvalue weighted by Crippen LogP contribution is -2.29. The third-order valence-corrected chi connectivity index (χ3v) is 2.90. The SMILES string of the molecule is CNCCN(C)C(C)c1ccc(C#N)cc1. The van der Waals surface area contributed by atoms with E-state index >= 15 is 0 Å². The molecule has 1 aromatic carbocycles. The van der Waals surface area contributed by atoms with Gasteiger partial charge in [0.05, 0.1) is 11.6 Å². The van der Waals surface area contributed by atoms with Gasteiger partial charge in [-0.25, -0.2) is 0 Å². The summed E-state index contributed by atoms with van der Waals surface area (Å²) in [4.78, 5) is 2.29. The van der Waals surface area contributed by atoms with Crippen LogP contribution >= 0.6 is 0 Å². The van der Waals surface area contributed by atoms with Crippen LogP contribution in [0.15, 0.2) is 24.3 Å². The second kappa shape index (κ2) is 6.26. The fourth-order valence-corrected chi connectivity index (χ4v) is 1.57. The Hall–Kier alpha value is -1.37. The maximum Gasteiger partial charge on any atom is 0.0991 e. The van der Waals surface area contributed by atoms with E-state index in [1.165, 1.54) is 5.56 Å². The Kier molecular flexibility index (Phi) is 4.97. The van der Waals surface area contributed by atoms with Crippen LogP contribution in [0, 0.1) is 11.3 Å². The van der Waals surface area contributed by atoms with Crippen LogP contribution in [0.5, 0.6) is 0 Å². The summed E-state index contributed by atoms with van der Waals surface area (Å²) in [5, 5.41) is 11.9. The van der Waals surface area contributed by atoms with Crippen LogP contribution in [0.25, 0.3) is 0 Å². The fraction of sp³-hybridized carbons (Fsp3) is 0.462. The molecule has 0 radical (unpaired) electrons. The minimum absolute atomic E-state index is 0.376. The van der Waals surface area contributed by atoms with Crippen molar-refractivity contribution in [2.45, 2.75) is 13.0 Å². The molecule has 1 unspecified atom stereocenters. The predicted octanol–water partition coefficient (Wildman–Crippen LogP) is 1.77. The van der Waals surface area contributed by atoms with Crippen LogP contribution in [0.1, 0.15) is 24.1 Å².